The first-order valence-electron chi connectivity index (χ1n) is 5.89. The molecule has 1 aromatic carbocycles. The van der Waals surface area contributed by atoms with E-state index >= 15 is 0 Å². The Balaban J connectivity index is 2.46. The molecule has 7 nitrogen and oxygen atoms in total. The Labute approximate surface area is 116 Å². The molecular weight excluding hydrogens is 258 g/mol. The number of hydrogen-bond acceptors (Lipinski definition) is 6. The van der Waals surface area contributed by atoms with Crippen LogP contribution in [-0.4, -0.2) is 17.0 Å². The molecule has 1 aromatic rings. The second-order valence-corrected chi connectivity index (χ2v) is 4.15. The molecule has 7 heteroatoms. The molecule has 20 heavy (non-hydrogen) atoms. The second-order valence-electron chi connectivity index (χ2n) is 4.15. The Hall–Kier alpha value is -2.80. The Kier molecular flexibility index (Phi) is 3.72. The van der Waals surface area contributed by atoms with Crippen LogP contribution in [-0.2, 0) is 0 Å². The second kappa shape index (κ2) is 5.45. The van der Waals surface area contributed by atoms with Gasteiger partial charge in [-0.2, -0.15) is 0 Å². The van der Waals surface area contributed by atoms with Crippen molar-refractivity contribution in [2.45, 2.75) is 0 Å². The van der Waals surface area contributed by atoms with Gasteiger partial charge in [-0.05, 0) is 23.8 Å². The van der Waals surface area contributed by atoms with Crippen molar-refractivity contribution in [1.82, 2.24) is 10.3 Å². The maximum Gasteiger partial charge on any atom is 0.269 e. The summed E-state index contributed by atoms with van der Waals surface area (Å²) in [6.45, 7) is 0. The molecule has 104 valence electrons. The minimum atomic E-state index is -0.438. The normalized spacial score (nSPS) is 16.7. The van der Waals surface area contributed by atoms with Crippen molar-refractivity contribution in [3.8, 4) is 0 Å². The smallest absolute Gasteiger partial charge is 0.269 e. The molecule has 2 rings (SSSR count). The van der Waals surface area contributed by atoms with Gasteiger partial charge in [0.2, 0.25) is 0 Å². The summed E-state index contributed by atoms with van der Waals surface area (Å²) in [5.74, 6) is 6.30. The molecule has 0 spiro atoms. The lowest BCUT2D eigenvalue weighted by Crippen LogP contribution is -2.32. The van der Waals surface area contributed by atoms with Crippen molar-refractivity contribution < 1.29 is 4.92 Å². The highest BCUT2D eigenvalue weighted by Crippen LogP contribution is 2.29. The average molecular weight is 273 g/mol. The Morgan fingerprint density at radius 1 is 1.35 bits per heavy atom. The van der Waals surface area contributed by atoms with E-state index in [2.05, 4.69) is 5.32 Å². The predicted molar refractivity (Wildman–Crippen MR) is 76.5 cm³/mol. The van der Waals surface area contributed by atoms with Crippen LogP contribution in [0.1, 0.15) is 5.56 Å². The summed E-state index contributed by atoms with van der Waals surface area (Å²) < 4.78 is 0. The molecule has 1 heterocycles. The van der Waals surface area contributed by atoms with Gasteiger partial charge in [0.25, 0.3) is 5.69 Å². The van der Waals surface area contributed by atoms with Crippen LogP contribution in [0.4, 0.5) is 5.69 Å². The van der Waals surface area contributed by atoms with Crippen LogP contribution in [0.3, 0.4) is 0 Å². The molecule has 0 atom stereocenters. The molecule has 0 radical (unpaired) electrons. The van der Waals surface area contributed by atoms with E-state index in [0.29, 0.717) is 11.5 Å². The lowest BCUT2D eigenvalue weighted by atomic mass is 9.99. The van der Waals surface area contributed by atoms with Gasteiger partial charge in [0, 0.05) is 31.0 Å². The summed E-state index contributed by atoms with van der Waals surface area (Å²) >= 11 is 0. The highest BCUT2D eigenvalue weighted by molar-refractivity contribution is 5.81. The van der Waals surface area contributed by atoms with Gasteiger partial charge in [0.05, 0.1) is 4.92 Å². The molecule has 0 saturated carbocycles. The fraction of sp³-hybridized carbons (Fsp3) is 0.0769. The Morgan fingerprint density at radius 2 is 2.00 bits per heavy atom. The van der Waals surface area contributed by atoms with E-state index in [4.69, 9.17) is 11.6 Å². The maximum atomic E-state index is 10.7. The summed E-state index contributed by atoms with van der Waals surface area (Å²) in [6.07, 6.45) is 5.31. The fourth-order valence-electron chi connectivity index (χ4n) is 1.92. The zero-order valence-corrected chi connectivity index (χ0v) is 10.9. The van der Waals surface area contributed by atoms with Crippen molar-refractivity contribution in [3.05, 3.63) is 69.8 Å². The zero-order chi connectivity index (χ0) is 14.7. The fourth-order valence-corrected chi connectivity index (χ4v) is 1.92. The summed E-state index contributed by atoms with van der Waals surface area (Å²) in [7, 11) is 1.70. The number of rotatable bonds is 3. The first-order chi connectivity index (χ1) is 9.54. The summed E-state index contributed by atoms with van der Waals surface area (Å²) in [6, 6.07) is 6.23. The van der Waals surface area contributed by atoms with Crippen LogP contribution in [0.15, 0.2) is 54.1 Å². The Morgan fingerprint density at radius 3 is 2.55 bits per heavy atom. The monoisotopic (exact) mass is 273 g/mol. The van der Waals surface area contributed by atoms with E-state index in [1.165, 1.54) is 17.1 Å². The summed E-state index contributed by atoms with van der Waals surface area (Å²) in [5.41, 5.74) is 8.15. The van der Waals surface area contributed by atoms with E-state index < -0.39 is 4.92 Å². The third-order valence-corrected chi connectivity index (χ3v) is 2.94. The van der Waals surface area contributed by atoms with Crippen LogP contribution in [0.25, 0.3) is 5.57 Å². The molecule has 0 saturated heterocycles. The average Bonchev–Trinajstić information content (AvgIpc) is 2.46. The van der Waals surface area contributed by atoms with Crippen molar-refractivity contribution in [2.24, 2.45) is 11.6 Å². The topological polar surface area (TPSA) is 110 Å². The lowest BCUT2D eigenvalue weighted by Gasteiger charge is -2.25. The molecule has 5 N–H and O–H groups in total. The highest BCUT2D eigenvalue weighted by Gasteiger charge is 2.18. The predicted octanol–water partition coefficient (Wildman–Crippen LogP) is 1.03. The SMILES string of the molecule is CN/C(N)=C1\C(c2ccc([N+](=O)[O-])cc2)=CC=CN1N. The van der Waals surface area contributed by atoms with Crippen molar-refractivity contribution >= 4 is 11.3 Å². The van der Waals surface area contributed by atoms with Crippen molar-refractivity contribution in [3.63, 3.8) is 0 Å². The third-order valence-electron chi connectivity index (χ3n) is 2.94. The standard InChI is InChI=1S/C13H15N5O2/c1-16-13(14)12-11(3-2-8-17(12)15)9-4-6-10(7-5-9)18(19)20/h2-8,16H,14-15H2,1H3/b13-12+. The van der Waals surface area contributed by atoms with Crippen LogP contribution >= 0.6 is 0 Å². The number of non-ortho nitro benzene ring substituents is 1. The first-order valence-corrected chi connectivity index (χ1v) is 5.89. The highest BCUT2D eigenvalue weighted by atomic mass is 16.6. The number of nitrogens with zero attached hydrogens (tertiary/aromatic N) is 2. The lowest BCUT2D eigenvalue weighted by molar-refractivity contribution is -0.384. The third kappa shape index (κ3) is 2.47. The molecule has 0 aliphatic carbocycles. The first kappa shape index (κ1) is 13.6. The molecule has 0 aromatic heterocycles. The van der Waals surface area contributed by atoms with Gasteiger partial charge >= 0.3 is 0 Å². The van der Waals surface area contributed by atoms with Gasteiger partial charge in [-0.15, -0.1) is 0 Å². The number of hydrazine groups is 1. The number of nitro benzene ring substituents is 1. The maximum absolute atomic E-state index is 10.7. The van der Waals surface area contributed by atoms with Crippen molar-refractivity contribution in [2.75, 3.05) is 7.05 Å². The minimum Gasteiger partial charge on any atom is -0.384 e. The molecule has 1 aliphatic rings. The molecule has 0 amide bonds. The zero-order valence-electron chi connectivity index (χ0n) is 10.9. The van der Waals surface area contributed by atoms with Crippen LogP contribution in [0.5, 0.6) is 0 Å². The van der Waals surface area contributed by atoms with Crippen LogP contribution < -0.4 is 16.9 Å². The van der Waals surface area contributed by atoms with E-state index in [0.717, 1.165) is 11.1 Å². The number of benzene rings is 1. The van der Waals surface area contributed by atoms with Gasteiger partial charge in [-0.1, -0.05) is 6.08 Å². The number of nitro groups is 1. The molecular formula is C13H15N5O2. The van der Waals surface area contributed by atoms with Crippen LogP contribution in [0, 0.1) is 10.1 Å². The summed E-state index contributed by atoms with van der Waals surface area (Å²) in [4.78, 5) is 10.2. The van der Waals surface area contributed by atoms with Crippen molar-refractivity contribution in [1.29, 1.82) is 0 Å². The van der Waals surface area contributed by atoms with E-state index in [-0.39, 0.29) is 5.69 Å². The quantitative estimate of drug-likeness (QED) is 0.431. The Bertz CT molecular complexity index is 616. The van der Waals surface area contributed by atoms with Gasteiger partial charge < -0.3 is 11.1 Å². The van der Waals surface area contributed by atoms with Gasteiger partial charge in [-0.3, -0.25) is 15.1 Å². The van der Waals surface area contributed by atoms with E-state index in [9.17, 15) is 10.1 Å². The largest absolute Gasteiger partial charge is 0.384 e. The number of nitrogens with two attached hydrogens (primary N) is 2. The number of hydrogen-bond donors (Lipinski definition) is 3. The molecule has 0 unspecified atom stereocenters. The van der Waals surface area contributed by atoms with E-state index in [1.807, 2.05) is 6.08 Å². The number of allylic oxidation sites excluding steroid dienone is 3. The van der Waals surface area contributed by atoms with Gasteiger partial charge in [-0.25, -0.2) is 5.84 Å². The van der Waals surface area contributed by atoms with Crippen LogP contribution in [0.2, 0.25) is 0 Å². The summed E-state index contributed by atoms with van der Waals surface area (Å²) in [5, 5.41) is 14.9. The van der Waals surface area contributed by atoms with E-state index in [1.54, 1.807) is 31.5 Å². The minimum absolute atomic E-state index is 0.0393. The van der Waals surface area contributed by atoms with Gasteiger partial charge in [0.15, 0.2) is 0 Å². The molecule has 0 bridgehead atoms. The molecule has 0 fully saturated rings. The number of nitrogens with one attached hydrogen (secondary N) is 1. The molecule has 1 aliphatic heterocycles. The van der Waals surface area contributed by atoms with Gasteiger partial charge in [0.1, 0.15) is 11.5 Å².